The topological polar surface area (TPSA) is 92.5 Å². The molecule has 0 saturated carbocycles. The first-order valence-electron chi connectivity index (χ1n) is 5.97. The summed E-state index contributed by atoms with van der Waals surface area (Å²) in [7, 11) is -3.32. The highest BCUT2D eigenvalue weighted by atomic mass is 32.2. The number of nitrogens with zero attached hydrogens (tertiary/aromatic N) is 1. The van der Waals surface area contributed by atoms with Gasteiger partial charge in [0.25, 0.3) is 0 Å². The molecular formula is C12H17N3O3S. The van der Waals surface area contributed by atoms with Crippen LogP contribution in [0.25, 0.3) is 0 Å². The molecule has 0 aliphatic carbocycles. The SMILES string of the molecule is CS(=O)(=O)Nc1cccc(N2CC(CN)CC2=O)c1. The molecule has 6 nitrogen and oxygen atoms in total. The molecule has 1 heterocycles. The molecule has 1 amide bonds. The maximum atomic E-state index is 11.9. The molecule has 1 aliphatic rings. The summed E-state index contributed by atoms with van der Waals surface area (Å²) in [5, 5.41) is 0. The maximum Gasteiger partial charge on any atom is 0.229 e. The van der Waals surface area contributed by atoms with E-state index in [1.807, 2.05) is 0 Å². The van der Waals surface area contributed by atoms with Gasteiger partial charge in [-0.25, -0.2) is 8.42 Å². The summed E-state index contributed by atoms with van der Waals surface area (Å²) < 4.78 is 24.8. The number of hydrogen-bond donors (Lipinski definition) is 2. The molecule has 7 heteroatoms. The van der Waals surface area contributed by atoms with E-state index < -0.39 is 10.0 Å². The number of hydrogen-bond acceptors (Lipinski definition) is 4. The standard InChI is InChI=1S/C12H17N3O3S/c1-19(17,18)14-10-3-2-4-11(6-10)15-8-9(7-13)5-12(15)16/h2-4,6,9,14H,5,7-8,13H2,1H3. The third-order valence-corrected chi connectivity index (χ3v) is 3.61. The Morgan fingerprint density at radius 1 is 1.47 bits per heavy atom. The Labute approximate surface area is 112 Å². The summed E-state index contributed by atoms with van der Waals surface area (Å²) in [5.41, 5.74) is 6.72. The smallest absolute Gasteiger partial charge is 0.229 e. The molecular weight excluding hydrogens is 266 g/mol. The summed E-state index contributed by atoms with van der Waals surface area (Å²) >= 11 is 0. The van der Waals surface area contributed by atoms with Crippen LogP contribution in [0.15, 0.2) is 24.3 Å². The Bertz CT molecular complexity index is 586. The minimum atomic E-state index is -3.32. The second-order valence-electron chi connectivity index (χ2n) is 4.73. The summed E-state index contributed by atoms with van der Waals surface area (Å²) in [5.74, 6) is 0.186. The van der Waals surface area contributed by atoms with Crippen molar-refractivity contribution in [3.63, 3.8) is 0 Å². The summed E-state index contributed by atoms with van der Waals surface area (Å²) in [6, 6.07) is 6.79. The highest BCUT2D eigenvalue weighted by molar-refractivity contribution is 7.92. The average molecular weight is 283 g/mol. The first-order chi connectivity index (χ1) is 8.89. The van der Waals surface area contributed by atoms with Crippen LogP contribution < -0.4 is 15.4 Å². The minimum Gasteiger partial charge on any atom is -0.330 e. The van der Waals surface area contributed by atoms with Gasteiger partial charge < -0.3 is 10.6 Å². The van der Waals surface area contributed by atoms with Crippen molar-refractivity contribution in [2.45, 2.75) is 6.42 Å². The molecule has 1 aromatic carbocycles. The number of benzene rings is 1. The molecule has 19 heavy (non-hydrogen) atoms. The quantitative estimate of drug-likeness (QED) is 0.835. The Morgan fingerprint density at radius 3 is 2.79 bits per heavy atom. The molecule has 1 aromatic rings. The van der Waals surface area contributed by atoms with Crippen LogP contribution in [0.3, 0.4) is 0 Å². The molecule has 1 aliphatic heterocycles. The summed E-state index contributed by atoms with van der Waals surface area (Å²) in [6.07, 6.45) is 1.53. The van der Waals surface area contributed by atoms with Gasteiger partial charge in [-0.05, 0) is 30.7 Å². The van der Waals surface area contributed by atoms with Gasteiger partial charge in [0.05, 0.1) is 11.9 Å². The van der Waals surface area contributed by atoms with Gasteiger partial charge in [-0.1, -0.05) is 6.07 Å². The van der Waals surface area contributed by atoms with E-state index in [4.69, 9.17) is 5.73 Å². The number of sulfonamides is 1. The third kappa shape index (κ3) is 3.45. The lowest BCUT2D eigenvalue weighted by atomic mass is 10.1. The number of carbonyl (C=O) groups is 1. The largest absolute Gasteiger partial charge is 0.330 e. The highest BCUT2D eigenvalue weighted by Crippen LogP contribution is 2.26. The molecule has 0 aromatic heterocycles. The third-order valence-electron chi connectivity index (χ3n) is 3.00. The number of anilines is 2. The lowest BCUT2D eigenvalue weighted by Crippen LogP contribution is -2.25. The molecule has 1 saturated heterocycles. The first kappa shape index (κ1) is 13.8. The Balaban J connectivity index is 2.22. The molecule has 1 fully saturated rings. The molecule has 0 spiro atoms. The first-order valence-corrected chi connectivity index (χ1v) is 7.86. The number of amides is 1. The van der Waals surface area contributed by atoms with E-state index in [1.54, 1.807) is 29.2 Å². The van der Waals surface area contributed by atoms with E-state index >= 15 is 0 Å². The van der Waals surface area contributed by atoms with Crippen LogP contribution in [0.2, 0.25) is 0 Å². The van der Waals surface area contributed by atoms with Gasteiger partial charge in [0.15, 0.2) is 0 Å². The number of rotatable bonds is 4. The summed E-state index contributed by atoms with van der Waals surface area (Å²) in [6.45, 7) is 1.06. The highest BCUT2D eigenvalue weighted by Gasteiger charge is 2.29. The lowest BCUT2D eigenvalue weighted by Gasteiger charge is -2.17. The van der Waals surface area contributed by atoms with Crippen LogP contribution in [-0.4, -0.2) is 33.7 Å². The van der Waals surface area contributed by atoms with Crippen molar-refractivity contribution in [2.75, 3.05) is 29.0 Å². The fraction of sp³-hybridized carbons (Fsp3) is 0.417. The van der Waals surface area contributed by atoms with Gasteiger partial charge in [0.1, 0.15) is 0 Å². The van der Waals surface area contributed by atoms with Crippen LogP contribution in [0, 0.1) is 5.92 Å². The van der Waals surface area contributed by atoms with Gasteiger partial charge in [-0.3, -0.25) is 9.52 Å². The van der Waals surface area contributed by atoms with Crippen LogP contribution in [0.4, 0.5) is 11.4 Å². The van der Waals surface area contributed by atoms with E-state index in [0.717, 1.165) is 6.26 Å². The van der Waals surface area contributed by atoms with E-state index in [0.29, 0.717) is 30.9 Å². The fourth-order valence-corrected chi connectivity index (χ4v) is 2.70. The van der Waals surface area contributed by atoms with Gasteiger partial charge in [0.2, 0.25) is 15.9 Å². The molecule has 104 valence electrons. The van der Waals surface area contributed by atoms with Gasteiger partial charge in [0, 0.05) is 18.7 Å². The zero-order valence-electron chi connectivity index (χ0n) is 10.7. The number of nitrogens with one attached hydrogen (secondary N) is 1. The van der Waals surface area contributed by atoms with Gasteiger partial charge in [-0.15, -0.1) is 0 Å². The molecule has 0 radical (unpaired) electrons. The second-order valence-corrected chi connectivity index (χ2v) is 6.48. The Morgan fingerprint density at radius 2 is 2.21 bits per heavy atom. The van der Waals surface area contributed by atoms with E-state index in [1.165, 1.54) is 0 Å². The normalized spacial score (nSPS) is 19.8. The van der Waals surface area contributed by atoms with Crippen molar-refractivity contribution < 1.29 is 13.2 Å². The van der Waals surface area contributed by atoms with E-state index in [2.05, 4.69) is 4.72 Å². The minimum absolute atomic E-state index is 0.0203. The number of nitrogens with two attached hydrogens (primary N) is 1. The molecule has 1 atom stereocenters. The predicted octanol–water partition coefficient (Wildman–Crippen LogP) is 0.370. The zero-order valence-corrected chi connectivity index (χ0v) is 11.5. The molecule has 1 unspecified atom stereocenters. The van der Waals surface area contributed by atoms with Crippen LogP contribution in [0.1, 0.15) is 6.42 Å². The summed E-state index contributed by atoms with van der Waals surface area (Å²) in [4.78, 5) is 13.5. The van der Waals surface area contributed by atoms with Gasteiger partial charge in [-0.2, -0.15) is 0 Å². The van der Waals surface area contributed by atoms with Gasteiger partial charge >= 0.3 is 0 Å². The molecule has 2 rings (SSSR count). The zero-order chi connectivity index (χ0) is 14.0. The fourth-order valence-electron chi connectivity index (χ4n) is 2.14. The second kappa shape index (κ2) is 5.18. The Hall–Kier alpha value is -1.60. The van der Waals surface area contributed by atoms with E-state index in [9.17, 15) is 13.2 Å². The molecule has 0 bridgehead atoms. The van der Waals surface area contributed by atoms with Crippen molar-refractivity contribution >= 4 is 27.3 Å². The monoisotopic (exact) mass is 283 g/mol. The Kier molecular flexibility index (Phi) is 3.77. The molecule has 3 N–H and O–H groups in total. The van der Waals surface area contributed by atoms with Crippen LogP contribution in [0.5, 0.6) is 0 Å². The van der Waals surface area contributed by atoms with E-state index in [-0.39, 0.29) is 11.8 Å². The lowest BCUT2D eigenvalue weighted by molar-refractivity contribution is -0.117. The van der Waals surface area contributed by atoms with Crippen molar-refractivity contribution in [3.8, 4) is 0 Å². The maximum absolute atomic E-state index is 11.9. The van der Waals surface area contributed by atoms with Crippen molar-refractivity contribution in [3.05, 3.63) is 24.3 Å². The average Bonchev–Trinajstić information content (AvgIpc) is 2.69. The van der Waals surface area contributed by atoms with Crippen molar-refractivity contribution in [1.29, 1.82) is 0 Å². The van der Waals surface area contributed by atoms with Crippen molar-refractivity contribution in [2.24, 2.45) is 11.7 Å². The van der Waals surface area contributed by atoms with Crippen LogP contribution >= 0.6 is 0 Å². The van der Waals surface area contributed by atoms with Crippen LogP contribution in [-0.2, 0) is 14.8 Å². The number of carbonyl (C=O) groups excluding carboxylic acids is 1. The van der Waals surface area contributed by atoms with Crippen molar-refractivity contribution in [1.82, 2.24) is 0 Å². The predicted molar refractivity (Wildman–Crippen MR) is 74.4 cm³/mol.